The summed E-state index contributed by atoms with van der Waals surface area (Å²) in [4.78, 5) is 29.6. The number of amides is 2. The summed E-state index contributed by atoms with van der Waals surface area (Å²) < 4.78 is 25.4. The van der Waals surface area contributed by atoms with Gasteiger partial charge in [-0.25, -0.2) is 12.7 Å². The van der Waals surface area contributed by atoms with Crippen molar-refractivity contribution < 1.29 is 18.0 Å². The third-order valence-electron chi connectivity index (χ3n) is 6.14. The van der Waals surface area contributed by atoms with E-state index in [1.165, 1.54) is 0 Å². The molecule has 2 amide bonds. The zero-order valence-corrected chi connectivity index (χ0v) is 20.0. The highest BCUT2D eigenvalue weighted by molar-refractivity contribution is 7.88. The lowest BCUT2D eigenvalue weighted by Gasteiger charge is -2.27. The topological polar surface area (TPSA) is 78.0 Å². The lowest BCUT2D eigenvalue weighted by Crippen LogP contribution is -2.43. The zero-order chi connectivity index (χ0) is 21.7. The van der Waals surface area contributed by atoms with Crippen molar-refractivity contribution in [3.63, 3.8) is 0 Å². The van der Waals surface area contributed by atoms with Crippen LogP contribution in [0.1, 0.15) is 51.9 Å². The summed E-state index contributed by atoms with van der Waals surface area (Å²) in [6, 6.07) is -0.706. The van der Waals surface area contributed by atoms with Gasteiger partial charge < -0.3 is 9.80 Å². The first-order valence-corrected chi connectivity index (χ1v) is 12.8. The Kier molecular flexibility index (Phi) is 9.18. The Morgan fingerprint density at radius 3 is 2.39 bits per heavy atom. The van der Waals surface area contributed by atoms with Gasteiger partial charge in [0, 0.05) is 31.9 Å². The molecule has 9 heteroatoms. The molecule has 3 rings (SSSR count). The molecule has 0 aromatic heterocycles. The molecular weight excluding hydrogens is 438 g/mol. The van der Waals surface area contributed by atoms with E-state index in [9.17, 15) is 18.0 Å². The Labute approximate surface area is 192 Å². The van der Waals surface area contributed by atoms with Crippen LogP contribution in [0.5, 0.6) is 0 Å². The van der Waals surface area contributed by atoms with Gasteiger partial charge in [0.05, 0.1) is 24.3 Å². The fraction of sp³-hybridized carbons (Fsp3) is 0.636. The third kappa shape index (κ3) is 5.92. The highest BCUT2D eigenvalue weighted by Crippen LogP contribution is 2.40. The molecule has 3 atom stereocenters. The van der Waals surface area contributed by atoms with Crippen molar-refractivity contribution in [1.82, 2.24) is 14.1 Å². The molecule has 2 fully saturated rings. The van der Waals surface area contributed by atoms with Crippen LogP contribution in [0, 0.1) is 5.92 Å². The van der Waals surface area contributed by atoms with Crippen LogP contribution in [-0.2, 0) is 19.6 Å². The maximum absolute atomic E-state index is 12.9. The number of halogens is 1. The highest BCUT2D eigenvalue weighted by atomic mass is 35.5. The first kappa shape index (κ1) is 25.5. The molecule has 31 heavy (non-hydrogen) atoms. The van der Waals surface area contributed by atoms with E-state index in [0.717, 1.165) is 42.8 Å². The lowest BCUT2D eigenvalue weighted by molar-refractivity contribution is -0.134. The molecule has 174 valence electrons. The summed E-state index contributed by atoms with van der Waals surface area (Å²) in [5.74, 6) is -0.693. The standard InChI is InChI=1S/C22H33N3O4S.ClH/c1-3-11-18-21-19(25(22(18)27)30(2,28)29)13-17-24(21)20(26)12-7-6-10-16-23-14-8-4-5-9-15-23;/h4-5,8-9,14-15,18-19,21H,3,6-7,10-13,16-17H2,1-2H3;1H/t18-,19+,21?;/m1./s1. The minimum absolute atomic E-state index is 0. The Morgan fingerprint density at radius 2 is 1.77 bits per heavy atom. The van der Waals surface area contributed by atoms with Crippen LogP contribution in [0.4, 0.5) is 0 Å². The molecule has 0 aliphatic carbocycles. The van der Waals surface area contributed by atoms with Crippen molar-refractivity contribution in [2.75, 3.05) is 19.3 Å². The van der Waals surface area contributed by atoms with Crippen LogP contribution >= 0.6 is 12.4 Å². The molecule has 0 bridgehead atoms. The van der Waals surface area contributed by atoms with Crippen molar-refractivity contribution in [2.24, 2.45) is 5.92 Å². The second-order valence-corrected chi connectivity index (χ2v) is 10.2. The molecule has 7 nitrogen and oxygen atoms in total. The molecule has 0 spiro atoms. The summed E-state index contributed by atoms with van der Waals surface area (Å²) in [5, 5.41) is 0. The first-order chi connectivity index (χ1) is 14.3. The lowest BCUT2D eigenvalue weighted by atomic mass is 9.94. The van der Waals surface area contributed by atoms with Crippen molar-refractivity contribution >= 4 is 34.2 Å². The van der Waals surface area contributed by atoms with Crippen LogP contribution in [-0.4, -0.2) is 65.8 Å². The number of fused-ring (bicyclic) bond motifs is 1. The van der Waals surface area contributed by atoms with Gasteiger partial charge in [-0.05, 0) is 37.8 Å². The van der Waals surface area contributed by atoms with Crippen LogP contribution in [0.15, 0.2) is 36.7 Å². The number of allylic oxidation sites excluding steroid dienone is 4. The van der Waals surface area contributed by atoms with E-state index < -0.39 is 22.0 Å². The van der Waals surface area contributed by atoms with Crippen molar-refractivity contribution in [3.05, 3.63) is 36.7 Å². The van der Waals surface area contributed by atoms with E-state index in [2.05, 4.69) is 4.90 Å². The van der Waals surface area contributed by atoms with E-state index in [-0.39, 0.29) is 30.3 Å². The minimum atomic E-state index is -3.62. The van der Waals surface area contributed by atoms with E-state index in [1.54, 1.807) is 4.90 Å². The largest absolute Gasteiger partial charge is 0.354 e. The molecular formula is C22H34ClN3O4S. The number of sulfonamides is 1. The number of nitrogens with zero attached hydrogens (tertiary/aromatic N) is 3. The van der Waals surface area contributed by atoms with Crippen LogP contribution in [0.3, 0.4) is 0 Å². The van der Waals surface area contributed by atoms with Crippen molar-refractivity contribution in [1.29, 1.82) is 0 Å². The number of carbonyl (C=O) groups excluding carboxylic acids is 2. The second-order valence-electron chi connectivity index (χ2n) is 8.34. The second kappa shape index (κ2) is 11.2. The van der Waals surface area contributed by atoms with Gasteiger partial charge in [0.2, 0.25) is 21.8 Å². The predicted molar refractivity (Wildman–Crippen MR) is 124 cm³/mol. The van der Waals surface area contributed by atoms with Gasteiger partial charge in [0.25, 0.3) is 0 Å². The fourth-order valence-electron chi connectivity index (χ4n) is 4.86. The fourth-order valence-corrected chi connectivity index (χ4v) is 6.04. The summed E-state index contributed by atoms with van der Waals surface area (Å²) in [7, 11) is -3.62. The quantitative estimate of drug-likeness (QED) is 0.483. The van der Waals surface area contributed by atoms with Gasteiger partial charge in [-0.15, -0.1) is 12.4 Å². The first-order valence-electron chi connectivity index (χ1n) is 10.9. The minimum Gasteiger partial charge on any atom is -0.354 e. The van der Waals surface area contributed by atoms with Crippen molar-refractivity contribution in [2.45, 2.75) is 64.0 Å². The number of unbranched alkanes of at least 4 members (excludes halogenated alkanes) is 2. The zero-order valence-electron chi connectivity index (χ0n) is 18.4. The van der Waals surface area contributed by atoms with Gasteiger partial charge in [0.1, 0.15) is 0 Å². The van der Waals surface area contributed by atoms with Gasteiger partial charge >= 0.3 is 0 Å². The Morgan fingerprint density at radius 1 is 1.10 bits per heavy atom. The van der Waals surface area contributed by atoms with Gasteiger partial charge in [-0.1, -0.05) is 31.9 Å². The summed E-state index contributed by atoms with van der Waals surface area (Å²) in [6.45, 7) is 3.43. The van der Waals surface area contributed by atoms with Gasteiger partial charge in [-0.2, -0.15) is 0 Å². The third-order valence-corrected chi connectivity index (χ3v) is 7.31. The van der Waals surface area contributed by atoms with Gasteiger partial charge in [0.15, 0.2) is 0 Å². The molecule has 3 heterocycles. The number of rotatable bonds is 9. The molecule has 1 unspecified atom stereocenters. The average molecular weight is 472 g/mol. The van der Waals surface area contributed by atoms with E-state index in [1.807, 2.05) is 43.6 Å². The van der Waals surface area contributed by atoms with Crippen LogP contribution < -0.4 is 0 Å². The van der Waals surface area contributed by atoms with Crippen molar-refractivity contribution in [3.8, 4) is 0 Å². The summed E-state index contributed by atoms with van der Waals surface area (Å²) >= 11 is 0. The maximum atomic E-state index is 12.9. The normalized spacial score (nSPS) is 25.0. The smallest absolute Gasteiger partial charge is 0.241 e. The Balaban J connectivity index is 0.00000341. The Bertz CT molecular complexity index is 824. The van der Waals surface area contributed by atoms with Crippen LogP contribution in [0.2, 0.25) is 0 Å². The molecule has 0 N–H and O–H groups in total. The molecule has 0 aromatic rings. The monoisotopic (exact) mass is 471 g/mol. The maximum Gasteiger partial charge on any atom is 0.241 e. The van der Waals surface area contributed by atoms with Crippen LogP contribution in [0.25, 0.3) is 0 Å². The summed E-state index contributed by atoms with van der Waals surface area (Å²) in [5.41, 5.74) is 0. The molecule has 3 aliphatic heterocycles. The van der Waals surface area contributed by atoms with Gasteiger partial charge in [-0.3, -0.25) is 9.59 Å². The number of hydrogen-bond acceptors (Lipinski definition) is 5. The van der Waals surface area contributed by atoms with E-state index in [0.29, 0.717) is 25.8 Å². The number of likely N-dealkylation sites (tertiary alicyclic amines) is 1. The predicted octanol–water partition coefficient (Wildman–Crippen LogP) is 3.06. The highest BCUT2D eigenvalue weighted by Gasteiger charge is 2.56. The number of carbonyl (C=O) groups is 2. The SMILES string of the molecule is CCC[C@H]1C(=O)N(S(C)(=O)=O)[C@H]2CCN(C(=O)CCCCCN3C=CC=CC=C3)C12.Cl. The summed E-state index contributed by atoms with van der Waals surface area (Å²) in [6.07, 6.45) is 18.3. The van der Waals surface area contributed by atoms with E-state index in [4.69, 9.17) is 0 Å². The molecule has 0 saturated carbocycles. The molecule has 0 radical (unpaired) electrons. The molecule has 3 aliphatic rings. The molecule has 2 saturated heterocycles. The number of hydrogen-bond donors (Lipinski definition) is 0. The molecule has 0 aromatic carbocycles. The Hall–Kier alpha value is -1.80. The average Bonchev–Trinajstić information content (AvgIpc) is 3.08. The van der Waals surface area contributed by atoms with E-state index >= 15 is 0 Å².